The molecule has 0 unspecified atom stereocenters. The number of nitrogens with zero attached hydrogens (tertiary/aromatic N) is 3. The van der Waals surface area contributed by atoms with Gasteiger partial charge in [0, 0.05) is 13.0 Å². The normalized spacial score (nSPS) is 12.9. The third-order valence-electron chi connectivity index (χ3n) is 3.51. The van der Waals surface area contributed by atoms with Crippen LogP contribution in [0.5, 0.6) is 0 Å². The third-order valence-corrected chi connectivity index (χ3v) is 3.51. The molecule has 2 rings (SSSR count). The van der Waals surface area contributed by atoms with Crippen molar-refractivity contribution in [2.45, 2.75) is 40.3 Å². The van der Waals surface area contributed by atoms with Gasteiger partial charge in [-0.3, -0.25) is 4.90 Å². The SMILES string of the molecule is Cc1ccc(C)c([C@H](C)N(C)Cc2noc(C)n2)c1. The smallest absolute Gasteiger partial charge is 0.223 e. The number of aryl methyl sites for hydroxylation is 3. The van der Waals surface area contributed by atoms with Crippen molar-refractivity contribution in [1.82, 2.24) is 15.0 Å². The van der Waals surface area contributed by atoms with Gasteiger partial charge >= 0.3 is 0 Å². The van der Waals surface area contributed by atoms with Crippen LogP contribution in [0.25, 0.3) is 0 Å². The summed E-state index contributed by atoms with van der Waals surface area (Å²) in [5.74, 6) is 1.35. The summed E-state index contributed by atoms with van der Waals surface area (Å²) in [6, 6.07) is 6.89. The summed E-state index contributed by atoms with van der Waals surface area (Å²) in [4.78, 5) is 6.48. The second-order valence-electron chi connectivity index (χ2n) is 5.18. The summed E-state index contributed by atoms with van der Waals surface area (Å²) in [6.07, 6.45) is 0. The molecule has 0 bridgehead atoms. The van der Waals surface area contributed by atoms with Gasteiger partial charge in [0.25, 0.3) is 0 Å². The molecule has 0 aliphatic heterocycles. The largest absolute Gasteiger partial charge is 0.340 e. The fourth-order valence-electron chi connectivity index (χ4n) is 2.21. The molecule has 0 radical (unpaired) electrons. The second-order valence-corrected chi connectivity index (χ2v) is 5.18. The Morgan fingerprint density at radius 3 is 2.63 bits per heavy atom. The Labute approximate surface area is 114 Å². The lowest BCUT2D eigenvalue weighted by Crippen LogP contribution is -2.23. The number of aromatic nitrogens is 2. The molecule has 1 atom stereocenters. The summed E-state index contributed by atoms with van der Waals surface area (Å²) in [6.45, 7) is 8.97. The summed E-state index contributed by atoms with van der Waals surface area (Å²) < 4.78 is 5.01. The number of benzene rings is 1. The van der Waals surface area contributed by atoms with Gasteiger partial charge in [-0.15, -0.1) is 0 Å². The van der Waals surface area contributed by atoms with Gasteiger partial charge in [-0.05, 0) is 38.9 Å². The van der Waals surface area contributed by atoms with Crippen LogP contribution in [-0.2, 0) is 6.54 Å². The molecule has 0 aliphatic carbocycles. The Morgan fingerprint density at radius 2 is 2.00 bits per heavy atom. The first kappa shape index (κ1) is 13.7. The molecule has 0 spiro atoms. The molecule has 1 heterocycles. The van der Waals surface area contributed by atoms with Gasteiger partial charge in [0.1, 0.15) is 0 Å². The number of hydrogen-bond acceptors (Lipinski definition) is 4. The number of hydrogen-bond donors (Lipinski definition) is 0. The maximum absolute atomic E-state index is 5.01. The zero-order chi connectivity index (χ0) is 14.0. The standard InChI is InChI=1S/C15H21N3O/c1-10-6-7-11(2)14(8-10)12(3)18(5)9-15-16-13(4)19-17-15/h6-8,12H,9H2,1-5H3/t12-/m0/s1. The molecule has 4 heteroatoms. The fraction of sp³-hybridized carbons (Fsp3) is 0.467. The molecular formula is C15H21N3O. The predicted octanol–water partition coefficient (Wildman–Crippen LogP) is 3.19. The van der Waals surface area contributed by atoms with E-state index in [-0.39, 0.29) is 0 Å². The maximum atomic E-state index is 5.01. The van der Waals surface area contributed by atoms with Crippen LogP contribution in [0, 0.1) is 20.8 Å². The molecule has 0 saturated heterocycles. The van der Waals surface area contributed by atoms with E-state index >= 15 is 0 Å². The highest BCUT2D eigenvalue weighted by molar-refractivity contribution is 5.32. The van der Waals surface area contributed by atoms with E-state index in [9.17, 15) is 0 Å². The molecular weight excluding hydrogens is 238 g/mol. The van der Waals surface area contributed by atoms with E-state index in [0.29, 0.717) is 18.5 Å². The minimum absolute atomic E-state index is 0.318. The molecule has 102 valence electrons. The summed E-state index contributed by atoms with van der Waals surface area (Å²) in [7, 11) is 2.08. The van der Waals surface area contributed by atoms with Gasteiger partial charge < -0.3 is 4.52 Å². The molecule has 0 aliphatic rings. The van der Waals surface area contributed by atoms with Gasteiger partial charge in [0.2, 0.25) is 5.89 Å². The van der Waals surface area contributed by atoms with E-state index in [1.54, 1.807) is 0 Å². The Kier molecular flexibility index (Phi) is 4.00. The first-order chi connectivity index (χ1) is 8.97. The molecule has 0 amide bonds. The van der Waals surface area contributed by atoms with E-state index in [4.69, 9.17) is 4.52 Å². The Morgan fingerprint density at radius 1 is 1.26 bits per heavy atom. The highest BCUT2D eigenvalue weighted by atomic mass is 16.5. The van der Waals surface area contributed by atoms with E-state index < -0.39 is 0 Å². The first-order valence-corrected chi connectivity index (χ1v) is 6.54. The number of rotatable bonds is 4. The average molecular weight is 259 g/mol. The molecule has 0 fully saturated rings. The van der Waals surface area contributed by atoms with Crippen LogP contribution in [0.2, 0.25) is 0 Å². The van der Waals surface area contributed by atoms with Crippen molar-refractivity contribution in [3.05, 3.63) is 46.6 Å². The minimum Gasteiger partial charge on any atom is -0.340 e. The highest BCUT2D eigenvalue weighted by Gasteiger charge is 2.16. The van der Waals surface area contributed by atoms with Crippen molar-refractivity contribution in [3.63, 3.8) is 0 Å². The zero-order valence-electron chi connectivity index (χ0n) is 12.3. The van der Waals surface area contributed by atoms with Crippen LogP contribution in [0.15, 0.2) is 22.7 Å². The van der Waals surface area contributed by atoms with Crippen molar-refractivity contribution in [3.8, 4) is 0 Å². The van der Waals surface area contributed by atoms with Gasteiger partial charge in [-0.1, -0.05) is 28.9 Å². The van der Waals surface area contributed by atoms with Crippen LogP contribution in [0.1, 0.15) is 41.4 Å². The lowest BCUT2D eigenvalue weighted by atomic mass is 9.99. The van der Waals surface area contributed by atoms with Gasteiger partial charge in [0.15, 0.2) is 5.82 Å². The molecule has 0 saturated carbocycles. The highest BCUT2D eigenvalue weighted by Crippen LogP contribution is 2.24. The van der Waals surface area contributed by atoms with E-state index in [0.717, 1.165) is 5.82 Å². The van der Waals surface area contributed by atoms with E-state index in [2.05, 4.69) is 61.1 Å². The fourth-order valence-corrected chi connectivity index (χ4v) is 2.21. The monoisotopic (exact) mass is 259 g/mol. The van der Waals surface area contributed by atoms with Crippen molar-refractivity contribution < 1.29 is 4.52 Å². The lowest BCUT2D eigenvalue weighted by Gasteiger charge is -2.25. The van der Waals surface area contributed by atoms with Crippen LogP contribution in [0.3, 0.4) is 0 Å². The Hall–Kier alpha value is -1.68. The predicted molar refractivity (Wildman–Crippen MR) is 74.8 cm³/mol. The van der Waals surface area contributed by atoms with Crippen LogP contribution < -0.4 is 0 Å². The maximum Gasteiger partial charge on any atom is 0.223 e. The average Bonchev–Trinajstić information content (AvgIpc) is 2.77. The van der Waals surface area contributed by atoms with E-state index in [1.165, 1.54) is 16.7 Å². The van der Waals surface area contributed by atoms with Crippen molar-refractivity contribution in [2.75, 3.05) is 7.05 Å². The molecule has 1 aromatic heterocycles. The molecule has 2 aromatic rings. The molecule has 19 heavy (non-hydrogen) atoms. The first-order valence-electron chi connectivity index (χ1n) is 6.54. The minimum atomic E-state index is 0.318. The van der Waals surface area contributed by atoms with Gasteiger partial charge in [-0.2, -0.15) is 4.98 Å². The van der Waals surface area contributed by atoms with Crippen molar-refractivity contribution >= 4 is 0 Å². The van der Waals surface area contributed by atoms with E-state index in [1.807, 2.05) is 6.92 Å². The van der Waals surface area contributed by atoms with Crippen LogP contribution in [-0.4, -0.2) is 22.1 Å². The third kappa shape index (κ3) is 3.20. The topological polar surface area (TPSA) is 42.2 Å². The quantitative estimate of drug-likeness (QED) is 0.845. The second kappa shape index (κ2) is 5.53. The summed E-state index contributed by atoms with van der Waals surface area (Å²) >= 11 is 0. The Bertz CT molecular complexity index is 562. The van der Waals surface area contributed by atoms with Crippen molar-refractivity contribution in [1.29, 1.82) is 0 Å². The van der Waals surface area contributed by atoms with Crippen LogP contribution >= 0.6 is 0 Å². The van der Waals surface area contributed by atoms with Crippen molar-refractivity contribution in [2.24, 2.45) is 0 Å². The lowest BCUT2D eigenvalue weighted by molar-refractivity contribution is 0.242. The van der Waals surface area contributed by atoms with Gasteiger partial charge in [0.05, 0.1) is 6.54 Å². The van der Waals surface area contributed by atoms with Crippen LogP contribution in [0.4, 0.5) is 0 Å². The Balaban J connectivity index is 2.14. The summed E-state index contributed by atoms with van der Waals surface area (Å²) in [5.41, 5.74) is 3.95. The molecule has 4 nitrogen and oxygen atoms in total. The zero-order valence-corrected chi connectivity index (χ0v) is 12.3. The summed E-state index contributed by atoms with van der Waals surface area (Å²) in [5, 5.41) is 3.94. The van der Waals surface area contributed by atoms with Gasteiger partial charge in [-0.25, -0.2) is 0 Å². The molecule has 0 N–H and O–H groups in total. The molecule has 1 aromatic carbocycles.